The minimum atomic E-state index is 0.430. The summed E-state index contributed by atoms with van der Waals surface area (Å²) in [5.74, 6) is 3.12. The van der Waals surface area contributed by atoms with Crippen LogP contribution < -0.4 is 19.5 Å². The third kappa shape index (κ3) is 6.41. The summed E-state index contributed by atoms with van der Waals surface area (Å²) in [4.78, 5) is 0. The Hall–Kier alpha value is -3.66. The lowest BCUT2D eigenvalue weighted by atomic mass is 10.1. The second kappa shape index (κ2) is 11.5. The highest BCUT2D eigenvalue weighted by molar-refractivity contribution is 5.52. The van der Waals surface area contributed by atoms with Gasteiger partial charge in [0.15, 0.2) is 11.5 Å². The summed E-state index contributed by atoms with van der Waals surface area (Å²) in [6, 6.07) is 21.8. The predicted octanol–water partition coefficient (Wildman–Crippen LogP) is 6.78. The molecular formula is C27H29NO3. The molecule has 4 nitrogen and oxygen atoms in total. The quantitative estimate of drug-likeness (QED) is 0.331. The van der Waals surface area contributed by atoms with E-state index in [9.17, 15) is 0 Å². The van der Waals surface area contributed by atoms with Crippen molar-refractivity contribution in [3.8, 4) is 23.0 Å². The molecule has 0 fully saturated rings. The molecule has 0 aromatic heterocycles. The lowest BCUT2D eigenvalue weighted by Crippen LogP contribution is -2.06. The number of hydrogen-bond donors (Lipinski definition) is 1. The average molecular weight is 416 g/mol. The van der Waals surface area contributed by atoms with Gasteiger partial charge in [0.2, 0.25) is 0 Å². The van der Waals surface area contributed by atoms with Gasteiger partial charge in [0.05, 0.1) is 6.61 Å². The summed E-state index contributed by atoms with van der Waals surface area (Å²) >= 11 is 0. The Morgan fingerprint density at radius 3 is 2.29 bits per heavy atom. The van der Waals surface area contributed by atoms with Crippen LogP contribution in [0.5, 0.6) is 23.0 Å². The van der Waals surface area contributed by atoms with Crippen LogP contribution in [0.25, 0.3) is 0 Å². The summed E-state index contributed by atoms with van der Waals surface area (Å²) in [7, 11) is 0. The van der Waals surface area contributed by atoms with Gasteiger partial charge in [-0.1, -0.05) is 36.9 Å². The van der Waals surface area contributed by atoms with Crippen LogP contribution in [0.4, 0.5) is 5.69 Å². The van der Waals surface area contributed by atoms with Gasteiger partial charge in [-0.2, -0.15) is 0 Å². The highest BCUT2D eigenvalue weighted by atomic mass is 16.5. The first kappa shape index (κ1) is 22.0. The molecule has 0 heterocycles. The molecule has 0 bridgehead atoms. The van der Waals surface area contributed by atoms with Gasteiger partial charge in [-0.05, 0) is 67.4 Å². The molecule has 1 N–H and O–H groups in total. The number of rotatable bonds is 12. The standard InChI is InChI=1S/C27H29NO3/c1-4-10-22-18-21(19-26(29-6-3)27(22)30-17-5-2)20-28-23-13-15-25(16-14-23)31-24-11-8-7-9-12-24/h4-5,7-9,11-16,18-19,28H,1-2,6,10,17,20H2,3H3. The molecule has 0 spiro atoms. The van der Waals surface area contributed by atoms with E-state index in [1.807, 2.05) is 73.7 Å². The molecule has 4 heteroatoms. The Bertz CT molecular complexity index is 981. The van der Waals surface area contributed by atoms with Gasteiger partial charge in [0.25, 0.3) is 0 Å². The van der Waals surface area contributed by atoms with E-state index in [4.69, 9.17) is 14.2 Å². The maximum absolute atomic E-state index is 5.88. The van der Waals surface area contributed by atoms with Gasteiger partial charge < -0.3 is 19.5 Å². The van der Waals surface area contributed by atoms with Crippen molar-refractivity contribution in [1.29, 1.82) is 0 Å². The largest absolute Gasteiger partial charge is 0.490 e. The molecule has 0 aliphatic rings. The lowest BCUT2D eigenvalue weighted by Gasteiger charge is -2.17. The molecular weight excluding hydrogens is 386 g/mol. The number of allylic oxidation sites excluding steroid dienone is 1. The smallest absolute Gasteiger partial charge is 0.165 e. The third-order valence-electron chi connectivity index (χ3n) is 4.53. The van der Waals surface area contributed by atoms with Crippen molar-refractivity contribution in [1.82, 2.24) is 0 Å². The lowest BCUT2D eigenvalue weighted by molar-refractivity contribution is 0.294. The SMILES string of the molecule is C=CCOc1c(CC=C)cc(CNc2ccc(Oc3ccccc3)cc2)cc1OCC. The van der Waals surface area contributed by atoms with E-state index < -0.39 is 0 Å². The molecule has 0 radical (unpaired) electrons. The molecule has 0 aliphatic carbocycles. The molecule has 0 saturated carbocycles. The highest BCUT2D eigenvalue weighted by Gasteiger charge is 2.13. The minimum Gasteiger partial charge on any atom is -0.490 e. The third-order valence-corrected chi connectivity index (χ3v) is 4.53. The Morgan fingerprint density at radius 2 is 1.61 bits per heavy atom. The Morgan fingerprint density at radius 1 is 0.871 bits per heavy atom. The maximum Gasteiger partial charge on any atom is 0.165 e. The highest BCUT2D eigenvalue weighted by Crippen LogP contribution is 2.34. The maximum atomic E-state index is 5.88. The summed E-state index contributed by atoms with van der Waals surface area (Å²) in [6.45, 7) is 11.2. The Balaban J connectivity index is 1.71. The van der Waals surface area contributed by atoms with Gasteiger partial charge in [-0.3, -0.25) is 0 Å². The van der Waals surface area contributed by atoms with E-state index in [0.29, 0.717) is 26.2 Å². The van der Waals surface area contributed by atoms with Crippen LogP contribution in [0.15, 0.2) is 92.0 Å². The van der Waals surface area contributed by atoms with Crippen molar-refractivity contribution >= 4 is 5.69 Å². The molecule has 0 saturated heterocycles. The van der Waals surface area contributed by atoms with E-state index in [1.54, 1.807) is 6.08 Å². The zero-order valence-electron chi connectivity index (χ0n) is 18.0. The fraction of sp³-hybridized carbons (Fsp3) is 0.185. The first-order chi connectivity index (χ1) is 15.2. The van der Waals surface area contributed by atoms with Gasteiger partial charge >= 0.3 is 0 Å². The number of benzene rings is 3. The molecule has 3 aromatic carbocycles. The number of nitrogens with one attached hydrogen (secondary N) is 1. The second-order valence-electron chi connectivity index (χ2n) is 6.90. The van der Waals surface area contributed by atoms with Crippen LogP contribution in [0.3, 0.4) is 0 Å². The minimum absolute atomic E-state index is 0.430. The van der Waals surface area contributed by atoms with Crippen molar-refractivity contribution in [2.75, 3.05) is 18.5 Å². The van der Waals surface area contributed by atoms with Crippen molar-refractivity contribution in [3.63, 3.8) is 0 Å². The van der Waals surface area contributed by atoms with Crippen molar-refractivity contribution in [2.45, 2.75) is 19.9 Å². The van der Waals surface area contributed by atoms with Gasteiger partial charge in [0, 0.05) is 17.8 Å². The Labute approximate surface area is 184 Å². The summed E-state index contributed by atoms with van der Waals surface area (Å²) in [5, 5.41) is 3.46. The van der Waals surface area contributed by atoms with Crippen LogP contribution in [0.2, 0.25) is 0 Å². The van der Waals surface area contributed by atoms with Crippen LogP contribution >= 0.6 is 0 Å². The Kier molecular flexibility index (Phi) is 8.18. The molecule has 0 unspecified atom stereocenters. The normalized spacial score (nSPS) is 10.2. The number of hydrogen-bond acceptors (Lipinski definition) is 4. The van der Waals surface area contributed by atoms with E-state index in [0.717, 1.165) is 39.8 Å². The summed E-state index contributed by atoms with van der Waals surface area (Å²) in [5.41, 5.74) is 3.16. The summed E-state index contributed by atoms with van der Waals surface area (Å²) in [6.07, 6.45) is 4.30. The zero-order chi connectivity index (χ0) is 21.9. The van der Waals surface area contributed by atoms with Crippen LogP contribution in [-0.2, 0) is 13.0 Å². The molecule has 3 rings (SSSR count). The molecule has 0 atom stereocenters. The van der Waals surface area contributed by atoms with Gasteiger partial charge in [-0.15, -0.1) is 6.58 Å². The molecule has 160 valence electrons. The number of ether oxygens (including phenoxy) is 3. The van der Waals surface area contributed by atoms with E-state index in [1.165, 1.54) is 0 Å². The average Bonchev–Trinajstić information content (AvgIpc) is 2.79. The van der Waals surface area contributed by atoms with E-state index >= 15 is 0 Å². The molecule has 31 heavy (non-hydrogen) atoms. The van der Waals surface area contributed by atoms with Gasteiger partial charge in [-0.25, -0.2) is 0 Å². The monoisotopic (exact) mass is 415 g/mol. The fourth-order valence-corrected chi connectivity index (χ4v) is 3.17. The predicted molar refractivity (Wildman–Crippen MR) is 127 cm³/mol. The van der Waals surface area contributed by atoms with E-state index in [2.05, 4.69) is 24.5 Å². The summed E-state index contributed by atoms with van der Waals surface area (Å²) < 4.78 is 17.6. The van der Waals surface area contributed by atoms with Crippen LogP contribution in [0.1, 0.15) is 18.1 Å². The molecule has 0 aliphatic heterocycles. The van der Waals surface area contributed by atoms with Crippen molar-refractivity contribution in [2.24, 2.45) is 0 Å². The first-order valence-corrected chi connectivity index (χ1v) is 10.4. The van der Waals surface area contributed by atoms with E-state index in [-0.39, 0.29) is 0 Å². The van der Waals surface area contributed by atoms with Crippen LogP contribution in [0, 0.1) is 0 Å². The molecule has 0 amide bonds. The van der Waals surface area contributed by atoms with Gasteiger partial charge in [0.1, 0.15) is 18.1 Å². The number of para-hydroxylation sites is 1. The number of anilines is 1. The van der Waals surface area contributed by atoms with Crippen molar-refractivity contribution in [3.05, 3.63) is 103 Å². The second-order valence-corrected chi connectivity index (χ2v) is 6.90. The molecule has 3 aromatic rings. The first-order valence-electron chi connectivity index (χ1n) is 10.4. The van der Waals surface area contributed by atoms with Crippen LogP contribution in [-0.4, -0.2) is 13.2 Å². The van der Waals surface area contributed by atoms with Crippen molar-refractivity contribution < 1.29 is 14.2 Å². The topological polar surface area (TPSA) is 39.7 Å². The zero-order valence-corrected chi connectivity index (χ0v) is 18.0. The fourth-order valence-electron chi connectivity index (χ4n) is 3.17.